The number of carbonyl (C=O) groups excluding carboxylic acids is 1. The Morgan fingerprint density at radius 3 is 2.12 bits per heavy atom. The molecule has 1 N–H and O–H groups in total. The van der Waals surface area contributed by atoms with E-state index in [2.05, 4.69) is 5.32 Å². The molecule has 128 valence electrons. The van der Waals surface area contributed by atoms with Crippen LogP contribution in [0.5, 0.6) is 5.75 Å². The van der Waals surface area contributed by atoms with Crippen LogP contribution < -0.4 is 10.1 Å². The van der Waals surface area contributed by atoms with E-state index in [1.54, 1.807) is 0 Å². The third-order valence-electron chi connectivity index (χ3n) is 3.14. The summed E-state index contributed by atoms with van der Waals surface area (Å²) < 4.78 is 55.1. The number of ether oxygens (including phenoxy) is 1. The van der Waals surface area contributed by atoms with E-state index >= 15 is 0 Å². The summed E-state index contributed by atoms with van der Waals surface area (Å²) in [7, 11) is -3.33. The molecule has 1 amide bonds. The van der Waals surface area contributed by atoms with E-state index in [9.17, 15) is 22.0 Å². The fourth-order valence-corrected chi connectivity index (χ4v) is 2.50. The maximum Gasteiger partial charge on any atom is 0.265 e. The van der Waals surface area contributed by atoms with Crippen molar-refractivity contribution in [2.75, 3.05) is 11.6 Å². The number of hydrogen-bond donors (Lipinski definition) is 1. The zero-order valence-corrected chi connectivity index (χ0v) is 13.7. The van der Waals surface area contributed by atoms with Crippen LogP contribution in [0, 0.1) is 11.6 Å². The molecule has 0 aliphatic heterocycles. The van der Waals surface area contributed by atoms with Gasteiger partial charge in [0, 0.05) is 6.26 Å². The van der Waals surface area contributed by atoms with Gasteiger partial charge in [0.2, 0.25) is 0 Å². The average Bonchev–Trinajstić information content (AvgIpc) is 2.50. The Balaban J connectivity index is 2.06. The first-order valence-corrected chi connectivity index (χ1v) is 8.79. The molecule has 0 saturated carbocycles. The molecule has 2 aromatic carbocycles. The minimum atomic E-state index is -3.33. The summed E-state index contributed by atoms with van der Waals surface area (Å²) in [5.74, 6) is -2.29. The van der Waals surface area contributed by atoms with Crippen molar-refractivity contribution >= 4 is 21.4 Å². The van der Waals surface area contributed by atoms with Gasteiger partial charge in [0.05, 0.1) is 4.90 Å². The summed E-state index contributed by atoms with van der Waals surface area (Å²) >= 11 is 0. The molecule has 0 bridgehead atoms. The van der Waals surface area contributed by atoms with Gasteiger partial charge in [-0.05, 0) is 43.3 Å². The maximum atomic E-state index is 13.5. The lowest BCUT2D eigenvalue weighted by Crippen LogP contribution is -2.30. The summed E-state index contributed by atoms with van der Waals surface area (Å²) in [5.41, 5.74) is -0.551. The van der Waals surface area contributed by atoms with Crippen LogP contribution in [0.1, 0.15) is 6.92 Å². The monoisotopic (exact) mass is 355 g/mol. The van der Waals surface area contributed by atoms with Gasteiger partial charge in [-0.25, -0.2) is 17.2 Å². The van der Waals surface area contributed by atoms with E-state index in [1.807, 2.05) is 0 Å². The van der Waals surface area contributed by atoms with Crippen LogP contribution in [-0.4, -0.2) is 26.7 Å². The van der Waals surface area contributed by atoms with Crippen molar-refractivity contribution < 1.29 is 26.7 Å². The second-order valence-corrected chi connectivity index (χ2v) is 7.11. The summed E-state index contributed by atoms with van der Waals surface area (Å²) in [6.07, 6.45) is 0.0233. The van der Waals surface area contributed by atoms with Gasteiger partial charge in [-0.15, -0.1) is 0 Å². The van der Waals surface area contributed by atoms with Crippen molar-refractivity contribution in [3.8, 4) is 5.75 Å². The molecule has 0 aromatic heterocycles. The van der Waals surface area contributed by atoms with Gasteiger partial charge in [0.25, 0.3) is 5.91 Å². The molecule has 0 fully saturated rings. The Labute approximate surface area is 138 Å². The summed E-state index contributed by atoms with van der Waals surface area (Å²) in [4.78, 5) is 12.1. The number of benzene rings is 2. The molecule has 0 aliphatic rings. The predicted molar refractivity (Wildman–Crippen MR) is 84.6 cm³/mol. The van der Waals surface area contributed by atoms with Crippen molar-refractivity contribution in [3.63, 3.8) is 0 Å². The number of para-hydroxylation sites is 1. The van der Waals surface area contributed by atoms with E-state index in [0.29, 0.717) is 0 Å². The third kappa shape index (κ3) is 4.29. The van der Waals surface area contributed by atoms with E-state index in [1.165, 1.54) is 37.3 Å². The second kappa shape index (κ2) is 6.96. The highest BCUT2D eigenvalue weighted by Gasteiger charge is 2.19. The van der Waals surface area contributed by atoms with Crippen molar-refractivity contribution in [3.05, 3.63) is 54.1 Å². The van der Waals surface area contributed by atoms with Crippen LogP contribution in [0.15, 0.2) is 47.4 Å². The van der Waals surface area contributed by atoms with Gasteiger partial charge >= 0.3 is 0 Å². The van der Waals surface area contributed by atoms with Gasteiger partial charge < -0.3 is 10.1 Å². The van der Waals surface area contributed by atoms with E-state index in [4.69, 9.17) is 4.74 Å². The number of halogens is 2. The van der Waals surface area contributed by atoms with Crippen LogP contribution in [0.4, 0.5) is 14.5 Å². The van der Waals surface area contributed by atoms with Crippen molar-refractivity contribution in [2.24, 2.45) is 0 Å². The first kappa shape index (κ1) is 17.9. The lowest BCUT2D eigenvalue weighted by Gasteiger charge is -2.15. The molecule has 1 unspecified atom stereocenters. The fraction of sp³-hybridized carbons (Fsp3) is 0.188. The smallest absolute Gasteiger partial charge is 0.265 e. The summed E-state index contributed by atoms with van der Waals surface area (Å²) in [5, 5.41) is 2.12. The number of hydrogen-bond acceptors (Lipinski definition) is 4. The number of sulfone groups is 1. The number of rotatable bonds is 5. The SMILES string of the molecule is CC(Oc1ccc(S(C)(=O)=O)cc1)C(=O)Nc1c(F)cccc1F. The topological polar surface area (TPSA) is 72.5 Å². The molecule has 2 aromatic rings. The predicted octanol–water partition coefficient (Wildman–Crippen LogP) is 2.77. The van der Waals surface area contributed by atoms with Gasteiger partial charge in [0.15, 0.2) is 15.9 Å². The van der Waals surface area contributed by atoms with E-state index in [-0.39, 0.29) is 10.6 Å². The maximum absolute atomic E-state index is 13.5. The van der Waals surface area contributed by atoms with Gasteiger partial charge in [-0.3, -0.25) is 4.79 Å². The minimum absolute atomic E-state index is 0.111. The highest BCUT2D eigenvalue weighted by molar-refractivity contribution is 7.90. The standard InChI is InChI=1S/C16H15F2NO4S/c1-10(16(20)19-15-13(17)4-3-5-14(15)18)23-11-6-8-12(9-7-11)24(2,21)22/h3-10H,1-2H3,(H,19,20). The summed E-state index contributed by atoms with van der Waals surface area (Å²) in [6.45, 7) is 1.40. The second-order valence-electron chi connectivity index (χ2n) is 5.09. The number of nitrogens with one attached hydrogen (secondary N) is 1. The lowest BCUT2D eigenvalue weighted by molar-refractivity contribution is -0.122. The largest absolute Gasteiger partial charge is 0.481 e. The van der Waals surface area contributed by atoms with Crippen LogP contribution in [0.3, 0.4) is 0 Å². The van der Waals surface area contributed by atoms with Crippen LogP contribution >= 0.6 is 0 Å². The lowest BCUT2D eigenvalue weighted by atomic mass is 10.2. The number of carbonyl (C=O) groups is 1. The van der Waals surface area contributed by atoms with Crippen molar-refractivity contribution in [1.29, 1.82) is 0 Å². The highest BCUT2D eigenvalue weighted by Crippen LogP contribution is 2.20. The zero-order chi connectivity index (χ0) is 17.9. The molecule has 24 heavy (non-hydrogen) atoms. The number of anilines is 1. The Bertz CT molecular complexity index is 831. The summed E-state index contributed by atoms with van der Waals surface area (Å²) in [6, 6.07) is 8.69. The van der Waals surface area contributed by atoms with Crippen LogP contribution in [-0.2, 0) is 14.6 Å². The Hall–Kier alpha value is -2.48. The van der Waals surface area contributed by atoms with Crippen molar-refractivity contribution in [2.45, 2.75) is 17.9 Å². The minimum Gasteiger partial charge on any atom is -0.481 e. The molecule has 1 atom stereocenters. The van der Waals surface area contributed by atoms with E-state index < -0.39 is 39.2 Å². The first-order valence-electron chi connectivity index (χ1n) is 6.90. The van der Waals surface area contributed by atoms with Crippen LogP contribution in [0.2, 0.25) is 0 Å². The first-order chi connectivity index (χ1) is 11.2. The molecule has 0 saturated heterocycles. The fourth-order valence-electron chi connectivity index (χ4n) is 1.87. The molecule has 0 spiro atoms. The third-order valence-corrected chi connectivity index (χ3v) is 4.27. The molecule has 2 rings (SSSR count). The Morgan fingerprint density at radius 2 is 1.62 bits per heavy atom. The average molecular weight is 355 g/mol. The molecule has 8 heteroatoms. The van der Waals surface area contributed by atoms with Crippen LogP contribution in [0.25, 0.3) is 0 Å². The molecule has 5 nitrogen and oxygen atoms in total. The molecule has 0 heterocycles. The quantitative estimate of drug-likeness (QED) is 0.895. The Morgan fingerprint density at radius 1 is 1.08 bits per heavy atom. The molecular weight excluding hydrogens is 340 g/mol. The van der Waals surface area contributed by atoms with Gasteiger partial charge in [0.1, 0.15) is 23.1 Å². The normalized spacial score (nSPS) is 12.5. The highest BCUT2D eigenvalue weighted by atomic mass is 32.2. The van der Waals surface area contributed by atoms with Gasteiger partial charge in [-0.2, -0.15) is 0 Å². The molecular formula is C16H15F2NO4S. The Kier molecular flexibility index (Phi) is 5.18. The van der Waals surface area contributed by atoms with E-state index in [0.717, 1.165) is 18.4 Å². The molecule has 0 aliphatic carbocycles. The molecule has 0 radical (unpaired) electrons. The van der Waals surface area contributed by atoms with Gasteiger partial charge in [-0.1, -0.05) is 6.07 Å². The van der Waals surface area contributed by atoms with Crippen molar-refractivity contribution in [1.82, 2.24) is 0 Å². The zero-order valence-electron chi connectivity index (χ0n) is 12.9. The number of amides is 1.